The fourth-order valence-electron chi connectivity index (χ4n) is 1.68. The number of sulfonamides is 1. The molecule has 0 atom stereocenters. The van der Waals surface area contributed by atoms with E-state index in [1.165, 1.54) is 32.4 Å². The molecule has 2 rings (SSSR count). The second-order valence-corrected chi connectivity index (χ2v) is 7.15. The van der Waals surface area contributed by atoms with Crippen LogP contribution in [0.5, 0.6) is 11.5 Å². The third-order valence-electron chi connectivity index (χ3n) is 2.72. The van der Waals surface area contributed by atoms with Crippen molar-refractivity contribution in [3.05, 3.63) is 39.2 Å². The number of rotatable bonds is 5. The molecular weight excluding hydrogens is 443 g/mol. The van der Waals surface area contributed by atoms with Crippen molar-refractivity contribution < 1.29 is 17.9 Å². The van der Waals surface area contributed by atoms with Crippen molar-refractivity contribution in [3.8, 4) is 11.5 Å². The predicted octanol–water partition coefficient (Wildman–Crippen LogP) is 3.16. The van der Waals surface area contributed by atoms with Gasteiger partial charge in [0.05, 0.1) is 19.9 Å². The Morgan fingerprint density at radius 1 is 1.18 bits per heavy atom. The smallest absolute Gasteiger partial charge is 0.265 e. The van der Waals surface area contributed by atoms with E-state index in [-0.39, 0.29) is 15.8 Å². The summed E-state index contributed by atoms with van der Waals surface area (Å²) in [5.41, 5.74) is 0.329. The average molecular weight is 455 g/mol. The van der Waals surface area contributed by atoms with Crippen molar-refractivity contribution in [1.29, 1.82) is 0 Å². The first kappa shape index (κ1) is 17.1. The van der Waals surface area contributed by atoms with Gasteiger partial charge in [-0.05, 0) is 46.9 Å². The maximum atomic E-state index is 12.6. The first-order chi connectivity index (χ1) is 10.4. The zero-order valence-corrected chi connectivity index (χ0v) is 15.4. The molecule has 0 saturated carbocycles. The highest BCUT2D eigenvalue weighted by atomic mass is 127. The lowest BCUT2D eigenvalue weighted by Gasteiger charge is -2.13. The summed E-state index contributed by atoms with van der Waals surface area (Å²) in [6, 6.07) is 7.58. The SMILES string of the molecule is COc1ccc(OC)c(S(=O)(=O)Nc2ccc(Cl)nc2I)c1. The van der Waals surface area contributed by atoms with Gasteiger partial charge in [0.2, 0.25) is 0 Å². The highest BCUT2D eigenvalue weighted by Crippen LogP contribution is 2.30. The summed E-state index contributed by atoms with van der Waals surface area (Å²) in [4.78, 5) is 3.97. The zero-order chi connectivity index (χ0) is 16.3. The summed E-state index contributed by atoms with van der Waals surface area (Å²) < 4.78 is 38.2. The molecule has 1 heterocycles. The van der Waals surface area contributed by atoms with E-state index >= 15 is 0 Å². The van der Waals surface area contributed by atoms with E-state index in [4.69, 9.17) is 21.1 Å². The number of ether oxygens (including phenoxy) is 2. The van der Waals surface area contributed by atoms with E-state index < -0.39 is 10.0 Å². The first-order valence-corrected chi connectivity index (χ1v) is 8.88. The number of pyridine rings is 1. The third-order valence-corrected chi connectivity index (χ3v) is 5.14. The number of nitrogens with one attached hydrogen (secondary N) is 1. The largest absolute Gasteiger partial charge is 0.497 e. The monoisotopic (exact) mass is 454 g/mol. The minimum atomic E-state index is -3.87. The lowest BCUT2D eigenvalue weighted by Crippen LogP contribution is -2.15. The molecule has 1 aromatic carbocycles. The van der Waals surface area contributed by atoms with E-state index in [1.54, 1.807) is 12.1 Å². The Kier molecular flexibility index (Phi) is 5.35. The second kappa shape index (κ2) is 6.88. The topological polar surface area (TPSA) is 77.5 Å². The quantitative estimate of drug-likeness (QED) is 0.555. The summed E-state index contributed by atoms with van der Waals surface area (Å²) in [6.07, 6.45) is 0. The molecule has 0 radical (unpaired) electrons. The molecule has 22 heavy (non-hydrogen) atoms. The van der Waals surface area contributed by atoms with Gasteiger partial charge in [0.1, 0.15) is 25.2 Å². The molecular formula is C13H12ClIN2O4S. The summed E-state index contributed by atoms with van der Waals surface area (Å²) >= 11 is 7.66. The number of anilines is 1. The lowest BCUT2D eigenvalue weighted by molar-refractivity contribution is 0.392. The minimum absolute atomic E-state index is 0.0277. The van der Waals surface area contributed by atoms with Gasteiger partial charge in [-0.25, -0.2) is 13.4 Å². The molecule has 1 N–H and O–H groups in total. The molecule has 0 amide bonds. The molecule has 0 aliphatic rings. The molecule has 0 bridgehead atoms. The molecule has 0 fully saturated rings. The Hall–Kier alpha value is -1.26. The maximum Gasteiger partial charge on any atom is 0.265 e. The normalized spacial score (nSPS) is 11.1. The van der Waals surface area contributed by atoms with Gasteiger partial charge in [0.25, 0.3) is 10.0 Å². The molecule has 0 unspecified atom stereocenters. The van der Waals surface area contributed by atoms with Crippen LogP contribution in [0.3, 0.4) is 0 Å². The Balaban J connectivity index is 2.46. The van der Waals surface area contributed by atoms with Crippen LogP contribution in [0.2, 0.25) is 5.15 Å². The zero-order valence-electron chi connectivity index (χ0n) is 11.6. The van der Waals surface area contributed by atoms with Crippen LogP contribution < -0.4 is 14.2 Å². The third kappa shape index (κ3) is 3.73. The van der Waals surface area contributed by atoms with Crippen LogP contribution in [0.15, 0.2) is 35.2 Å². The number of nitrogens with zero attached hydrogens (tertiary/aromatic N) is 1. The van der Waals surface area contributed by atoms with Crippen LogP contribution in [0, 0.1) is 3.70 Å². The molecule has 1 aromatic heterocycles. The number of halogens is 2. The number of benzene rings is 1. The van der Waals surface area contributed by atoms with Gasteiger partial charge in [-0.15, -0.1) is 0 Å². The van der Waals surface area contributed by atoms with Gasteiger partial charge < -0.3 is 9.47 Å². The van der Waals surface area contributed by atoms with Gasteiger partial charge in [-0.3, -0.25) is 4.72 Å². The Bertz CT molecular complexity index is 799. The number of methoxy groups -OCH3 is 2. The Morgan fingerprint density at radius 2 is 1.91 bits per heavy atom. The predicted molar refractivity (Wildman–Crippen MR) is 92.3 cm³/mol. The van der Waals surface area contributed by atoms with E-state index in [0.29, 0.717) is 15.1 Å². The van der Waals surface area contributed by atoms with Crippen LogP contribution >= 0.6 is 34.2 Å². The molecule has 0 aliphatic carbocycles. The molecule has 0 spiro atoms. The van der Waals surface area contributed by atoms with Crippen molar-refractivity contribution in [2.24, 2.45) is 0 Å². The minimum Gasteiger partial charge on any atom is -0.497 e. The molecule has 0 saturated heterocycles. The van der Waals surface area contributed by atoms with Crippen molar-refractivity contribution in [1.82, 2.24) is 4.98 Å². The molecule has 9 heteroatoms. The number of aromatic nitrogens is 1. The van der Waals surface area contributed by atoms with Crippen LogP contribution in [0.1, 0.15) is 0 Å². The van der Waals surface area contributed by atoms with E-state index in [2.05, 4.69) is 9.71 Å². The van der Waals surface area contributed by atoms with Gasteiger partial charge in [0.15, 0.2) is 0 Å². The highest BCUT2D eigenvalue weighted by Gasteiger charge is 2.22. The van der Waals surface area contributed by atoms with Crippen LogP contribution in [-0.2, 0) is 10.0 Å². The number of hydrogen-bond acceptors (Lipinski definition) is 5. The van der Waals surface area contributed by atoms with E-state index in [0.717, 1.165) is 0 Å². The Labute approximate surface area is 147 Å². The van der Waals surface area contributed by atoms with Crippen molar-refractivity contribution in [2.45, 2.75) is 4.90 Å². The summed E-state index contributed by atoms with van der Waals surface area (Å²) in [5, 5.41) is 0.284. The number of hydrogen-bond donors (Lipinski definition) is 1. The molecule has 6 nitrogen and oxygen atoms in total. The van der Waals surface area contributed by atoms with Crippen LogP contribution in [0.4, 0.5) is 5.69 Å². The fourth-order valence-corrected chi connectivity index (χ4v) is 3.98. The average Bonchev–Trinajstić information content (AvgIpc) is 2.49. The summed E-state index contributed by atoms with van der Waals surface area (Å²) in [7, 11) is -1.01. The first-order valence-electron chi connectivity index (χ1n) is 5.94. The van der Waals surface area contributed by atoms with Gasteiger partial charge in [-0.2, -0.15) is 0 Å². The van der Waals surface area contributed by atoms with Crippen LogP contribution in [0.25, 0.3) is 0 Å². The van der Waals surface area contributed by atoms with Gasteiger partial charge in [-0.1, -0.05) is 11.6 Å². The fraction of sp³-hybridized carbons (Fsp3) is 0.154. The van der Waals surface area contributed by atoms with Gasteiger partial charge >= 0.3 is 0 Å². The van der Waals surface area contributed by atoms with Gasteiger partial charge in [0, 0.05) is 6.07 Å². The van der Waals surface area contributed by atoms with E-state index in [1.807, 2.05) is 22.6 Å². The summed E-state index contributed by atoms with van der Waals surface area (Å²) in [5.74, 6) is 0.621. The Morgan fingerprint density at radius 3 is 2.50 bits per heavy atom. The van der Waals surface area contributed by atoms with E-state index in [9.17, 15) is 8.42 Å². The van der Waals surface area contributed by atoms with Crippen molar-refractivity contribution in [3.63, 3.8) is 0 Å². The second-order valence-electron chi connectivity index (χ2n) is 4.09. The highest BCUT2D eigenvalue weighted by molar-refractivity contribution is 14.1. The van der Waals surface area contributed by atoms with Crippen LogP contribution in [-0.4, -0.2) is 27.6 Å². The van der Waals surface area contributed by atoms with Crippen molar-refractivity contribution in [2.75, 3.05) is 18.9 Å². The lowest BCUT2D eigenvalue weighted by atomic mass is 10.3. The van der Waals surface area contributed by atoms with Crippen molar-refractivity contribution >= 4 is 49.9 Å². The molecule has 118 valence electrons. The standard InChI is InChI=1S/C13H12ClIN2O4S/c1-20-8-3-5-10(21-2)11(7-8)22(18,19)17-9-4-6-12(14)16-13(9)15/h3-7,17H,1-2H3. The molecule has 2 aromatic rings. The maximum absolute atomic E-state index is 12.6. The molecule has 0 aliphatic heterocycles. The summed E-state index contributed by atoms with van der Waals surface area (Å²) in [6.45, 7) is 0.